The molecule has 0 heterocycles. The molecular weight excluding hydrogens is 492 g/mol. The molecule has 0 radical (unpaired) electrons. The molecule has 0 unspecified atom stereocenters. The van der Waals surface area contributed by atoms with E-state index in [-0.39, 0.29) is 0 Å². The van der Waals surface area contributed by atoms with Crippen molar-refractivity contribution in [2.24, 2.45) is 5.92 Å². The molecule has 1 saturated carbocycles. The molecule has 0 heteroatoms. The molecule has 2 aliphatic carbocycles. The summed E-state index contributed by atoms with van der Waals surface area (Å²) in [5.74, 6) is 0.679. The first-order chi connectivity index (χ1) is 20.1. The molecule has 41 heavy (non-hydrogen) atoms. The van der Waals surface area contributed by atoms with E-state index < -0.39 is 0 Å². The summed E-state index contributed by atoms with van der Waals surface area (Å²) in [6.45, 7) is 14.9. The molecule has 7 rings (SSSR count). The molecule has 2 aliphatic rings. The third-order valence-electron chi connectivity index (χ3n) is 8.57. The van der Waals surface area contributed by atoms with Crippen molar-refractivity contribution in [3.63, 3.8) is 0 Å². The average Bonchev–Trinajstić information content (AvgIpc) is 3.80. The number of benzene rings is 5. The Kier molecular flexibility index (Phi) is 7.33. The Morgan fingerprint density at radius 3 is 1.95 bits per heavy atom. The van der Waals surface area contributed by atoms with Gasteiger partial charge in [-0.15, -0.1) is 0 Å². The van der Waals surface area contributed by atoms with Crippen molar-refractivity contribution < 1.29 is 0 Å². The van der Waals surface area contributed by atoms with Gasteiger partial charge < -0.3 is 0 Å². The van der Waals surface area contributed by atoms with Gasteiger partial charge in [-0.3, -0.25) is 0 Å². The molecule has 0 saturated heterocycles. The third kappa shape index (κ3) is 4.78. The minimum Gasteiger partial charge on any atom is -0.0990 e. The Morgan fingerprint density at radius 1 is 0.756 bits per heavy atom. The number of hydrogen-bond donors (Lipinski definition) is 0. The van der Waals surface area contributed by atoms with Crippen LogP contribution in [0.5, 0.6) is 0 Å². The van der Waals surface area contributed by atoms with Gasteiger partial charge in [0.2, 0.25) is 0 Å². The predicted octanol–water partition coefficient (Wildman–Crippen LogP) is 12.0. The van der Waals surface area contributed by atoms with Gasteiger partial charge in [-0.25, -0.2) is 0 Å². The maximum atomic E-state index is 4.48. The molecule has 1 fully saturated rings. The number of rotatable bonds is 6. The molecule has 0 N–H and O–H groups in total. The molecule has 0 aliphatic heterocycles. The van der Waals surface area contributed by atoms with E-state index >= 15 is 0 Å². The van der Waals surface area contributed by atoms with Crippen molar-refractivity contribution in [2.75, 3.05) is 0 Å². The van der Waals surface area contributed by atoms with Gasteiger partial charge in [-0.2, -0.15) is 0 Å². The lowest BCUT2D eigenvalue weighted by Crippen LogP contribution is -1.98. The molecule has 202 valence electrons. The zero-order valence-corrected chi connectivity index (χ0v) is 24.5. The molecule has 0 nitrogen and oxygen atoms in total. The molecule has 0 spiro atoms. The molecule has 0 aromatic heterocycles. The van der Waals surface area contributed by atoms with Crippen molar-refractivity contribution in [2.45, 2.75) is 40.0 Å². The van der Waals surface area contributed by atoms with E-state index in [2.05, 4.69) is 123 Å². The van der Waals surface area contributed by atoms with Gasteiger partial charge in [-0.1, -0.05) is 130 Å². The zero-order valence-electron chi connectivity index (χ0n) is 24.5. The summed E-state index contributed by atoms with van der Waals surface area (Å²) < 4.78 is 0. The maximum Gasteiger partial charge on any atom is -0.00143 e. The van der Waals surface area contributed by atoms with Gasteiger partial charge in [0.1, 0.15) is 0 Å². The fraction of sp³-hybridized carbons (Fsp3) is 0.171. The SMILES string of the molecule is C=C/C=C(\C1=C(C)C=C(C(=C)C2CC2)C1)c1c2ccccc2c(-c2ccc3ccccc3c2)c2ccccc12.CC. The van der Waals surface area contributed by atoms with Crippen LogP contribution in [0.3, 0.4) is 0 Å². The summed E-state index contributed by atoms with van der Waals surface area (Å²) in [6.07, 6.45) is 10.1. The first-order valence-corrected chi connectivity index (χ1v) is 15.0. The summed E-state index contributed by atoms with van der Waals surface area (Å²) in [7, 11) is 0. The molecule has 5 aromatic carbocycles. The highest BCUT2D eigenvalue weighted by Crippen LogP contribution is 2.49. The van der Waals surface area contributed by atoms with Crippen molar-refractivity contribution >= 4 is 37.9 Å². The van der Waals surface area contributed by atoms with Crippen LogP contribution in [0.15, 0.2) is 145 Å². The molecule has 0 bridgehead atoms. The summed E-state index contributed by atoms with van der Waals surface area (Å²) in [4.78, 5) is 0. The van der Waals surface area contributed by atoms with Crippen LogP contribution in [0.1, 0.15) is 45.6 Å². The minimum atomic E-state index is 0.679. The molecular formula is C41H38. The second kappa shape index (κ2) is 11.2. The molecule has 0 atom stereocenters. The van der Waals surface area contributed by atoms with Gasteiger partial charge in [-0.05, 0) is 115 Å². The van der Waals surface area contributed by atoms with Crippen LogP contribution in [0.2, 0.25) is 0 Å². The van der Waals surface area contributed by atoms with Crippen LogP contribution in [0.4, 0.5) is 0 Å². The van der Waals surface area contributed by atoms with Crippen LogP contribution in [-0.4, -0.2) is 0 Å². The summed E-state index contributed by atoms with van der Waals surface area (Å²) >= 11 is 0. The Morgan fingerprint density at radius 2 is 1.34 bits per heavy atom. The fourth-order valence-electron chi connectivity index (χ4n) is 6.46. The summed E-state index contributed by atoms with van der Waals surface area (Å²) in [5, 5.41) is 7.65. The van der Waals surface area contributed by atoms with Crippen molar-refractivity contribution in [3.8, 4) is 11.1 Å². The second-order valence-corrected chi connectivity index (χ2v) is 11.0. The first-order valence-electron chi connectivity index (χ1n) is 15.0. The number of allylic oxidation sites excluding steroid dienone is 8. The normalized spacial score (nSPS) is 15.2. The summed E-state index contributed by atoms with van der Waals surface area (Å²) in [6, 6.07) is 33.3. The van der Waals surface area contributed by atoms with E-state index in [1.165, 1.54) is 89.7 Å². The topological polar surface area (TPSA) is 0 Å². The Balaban J connectivity index is 0.00000148. The Bertz CT molecular complexity index is 1860. The van der Waals surface area contributed by atoms with Crippen LogP contribution in [-0.2, 0) is 0 Å². The second-order valence-electron chi connectivity index (χ2n) is 11.0. The average molecular weight is 531 g/mol. The van der Waals surface area contributed by atoms with Gasteiger partial charge in [0, 0.05) is 0 Å². The molecule has 5 aromatic rings. The van der Waals surface area contributed by atoms with Crippen molar-refractivity contribution in [1.82, 2.24) is 0 Å². The highest BCUT2D eigenvalue weighted by molar-refractivity contribution is 6.20. The van der Waals surface area contributed by atoms with Crippen LogP contribution in [0, 0.1) is 5.92 Å². The molecule has 0 amide bonds. The lowest BCUT2D eigenvalue weighted by molar-refractivity contribution is 1.000. The van der Waals surface area contributed by atoms with E-state index in [9.17, 15) is 0 Å². The number of fused-ring (bicyclic) bond motifs is 3. The van der Waals surface area contributed by atoms with Crippen LogP contribution >= 0.6 is 0 Å². The standard InChI is InChI=1S/C39H32.C2H6/c1-4-11-32(37-24-31(22-25(37)2)26(3)27-18-19-27)39-35-16-9-7-14-33(35)38(34-15-8-10-17-36(34)39)30-21-20-28-12-5-6-13-29(28)23-30;1-2/h4-17,20-23,27H,1,3,18-19,24H2,2H3;1-2H3/b32-11+;. The fourth-order valence-corrected chi connectivity index (χ4v) is 6.46. The van der Waals surface area contributed by atoms with Gasteiger partial charge in [0.05, 0.1) is 0 Å². The Hall–Kier alpha value is -4.42. The number of hydrogen-bond acceptors (Lipinski definition) is 0. The largest absolute Gasteiger partial charge is 0.0990 e. The first kappa shape index (κ1) is 26.8. The lowest BCUT2D eigenvalue weighted by atomic mass is 9.82. The Labute approximate surface area is 244 Å². The highest BCUT2D eigenvalue weighted by Gasteiger charge is 2.30. The summed E-state index contributed by atoms with van der Waals surface area (Å²) in [5.41, 5.74) is 10.6. The van der Waals surface area contributed by atoms with Crippen molar-refractivity contribution in [3.05, 3.63) is 150 Å². The quantitative estimate of drug-likeness (QED) is 0.151. The highest BCUT2D eigenvalue weighted by atomic mass is 14.3. The van der Waals surface area contributed by atoms with E-state index in [0.717, 1.165) is 6.42 Å². The zero-order chi connectivity index (χ0) is 28.5. The minimum absolute atomic E-state index is 0.679. The van der Waals surface area contributed by atoms with Gasteiger partial charge >= 0.3 is 0 Å². The van der Waals surface area contributed by atoms with Gasteiger partial charge in [0.15, 0.2) is 0 Å². The van der Waals surface area contributed by atoms with E-state index in [1.54, 1.807) is 0 Å². The van der Waals surface area contributed by atoms with E-state index in [0.29, 0.717) is 5.92 Å². The third-order valence-corrected chi connectivity index (χ3v) is 8.57. The van der Waals surface area contributed by atoms with Crippen molar-refractivity contribution in [1.29, 1.82) is 0 Å². The maximum absolute atomic E-state index is 4.48. The smallest absolute Gasteiger partial charge is 0.00143 e. The van der Waals surface area contributed by atoms with Crippen LogP contribution in [0.25, 0.3) is 49.0 Å². The van der Waals surface area contributed by atoms with E-state index in [1.807, 2.05) is 19.9 Å². The van der Waals surface area contributed by atoms with E-state index in [4.69, 9.17) is 0 Å². The predicted molar refractivity (Wildman–Crippen MR) is 181 cm³/mol. The monoisotopic (exact) mass is 530 g/mol. The lowest BCUT2D eigenvalue weighted by Gasteiger charge is -2.21. The van der Waals surface area contributed by atoms with Gasteiger partial charge in [0.25, 0.3) is 0 Å². The van der Waals surface area contributed by atoms with Crippen LogP contribution < -0.4 is 0 Å².